The molecular formula is C18H20O2S. The molecule has 0 aliphatic carbocycles. The highest BCUT2D eigenvalue weighted by Crippen LogP contribution is 2.29. The van der Waals surface area contributed by atoms with E-state index in [-0.39, 0.29) is 0 Å². The molecule has 2 nitrogen and oxygen atoms in total. The third-order valence-electron chi connectivity index (χ3n) is 3.64. The topological polar surface area (TPSA) is 37.3 Å². The Labute approximate surface area is 128 Å². The van der Waals surface area contributed by atoms with Crippen LogP contribution >= 0.6 is 0 Å². The molecule has 0 aliphatic heterocycles. The number of hydrogen-bond donors (Lipinski definition) is 1. The first kappa shape index (κ1) is 15.7. The zero-order valence-electron chi connectivity index (χ0n) is 12.5. The number of benzene rings is 2. The van der Waals surface area contributed by atoms with Crippen molar-refractivity contribution >= 4 is 10.8 Å². The first-order chi connectivity index (χ1) is 9.91. The lowest BCUT2D eigenvalue weighted by Gasteiger charge is -2.25. The van der Waals surface area contributed by atoms with Crippen molar-refractivity contribution in [1.29, 1.82) is 0 Å². The lowest BCUT2D eigenvalue weighted by molar-refractivity contribution is 0.0978. The first-order valence-corrected chi connectivity index (χ1v) is 8.06. The van der Waals surface area contributed by atoms with Crippen LogP contribution in [0.2, 0.25) is 0 Å². The number of hydrogen-bond acceptors (Lipinski definition) is 2. The number of aryl methyl sites for hydroxylation is 1. The molecule has 2 atom stereocenters. The molecule has 0 radical (unpaired) electrons. The van der Waals surface area contributed by atoms with Gasteiger partial charge >= 0.3 is 0 Å². The van der Waals surface area contributed by atoms with E-state index in [1.54, 1.807) is 19.3 Å². The Morgan fingerprint density at radius 1 is 1.10 bits per heavy atom. The van der Waals surface area contributed by atoms with Crippen molar-refractivity contribution in [2.45, 2.75) is 31.3 Å². The zero-order valence-corrected chi connectivity index (χ0v) is 13.4. The van der Waals surface area contributed by atoms with Crippen molar-refractivity contribution in [2.75, 3.05) is 0 Å². The summed E-state index contributed by atoms with van der Waals surface area (Å²) in [5, 5.41) is 12.3. The normalized spacial score (nSPS) is 16.3. The van der Waals surface area contributed by atoms with Gasteiger partial charge in [0.1, 0.15) is 5.60 Å². The van der Waals surface area contributed by atoms with Crippen LogP contribution in [0.5, 0.6) is 0 Å². The number of rotatable bonds is 4. The lowest BCUT2D eigenvalue weighted by atomic mass is 9.90. The summed E-state index contributed by atoms with van der Waals surface area (Å²) in [4.78, 5) is 0.740. The lowest BCUT2D eigenvalue weighted by Crippen LogP contribution is -2.22. The molecule has 1 N–H and O–H groups in total. The smallest absolute Gasteiger partial charge is 0.108 e. The van der Waals surface area contributed by atoms with E-state index in [9.17, 15) is 9.32 Å². The molecule has 0 amide bonds. The molecule has 0 saturated carbocycles. The molecule has 0 heterocycles. The average Bonchev–Trinajstić information content (AvgIpc) is 2.48. The second-order valence-corrected chi connectivity index (χ2v) is 6.65. The summed E-state index contributed by atoms with van der Waals surface area (Å²) in [7, 11) is -1.26. The van der Waals surface area contributed by atoms with E-state index >= 15 is 0 Å². The van der Waals surface area contributed by atoms with Crippen LogP contribution < -0.4 is 0 Å². The molecular weight excluding hydrogens is 280 g/mol. The predicted molar refractivity (Wildman–Crippen MR) is 87.4 cm³/mol. The minimum absolute atomic E-state index is 0.674. The fraction of sp³-hybridized carbons (Fsp3) is 0.222. The number of aliphatic hydroxyl groups is 1. The van der Waals surface area contributed by atoms with Crippen molar-refractivity contribution in [1.82, 2.24) is 0 Å². The van der Waals surface area contributed by atoms with Gasteiger partial charge < -0.3 is 5.11 Å². The third kappa shape index (κ3) is 3.69. The van der Waals surface area contributed by atoms with Crippen molar-refractivity contribution in [2.24, 2.45) is 0 Å². The summed E-state index contributed by atoms with van der Waals surface area (Å²) >= 11 is 0. The van der Waals surface area contributed by atoms with Crippen LogP contribution in [-0.4, -0.2) is 9.32 Å². The van der Waals surface area contributed by atoms with Crippen molar-refractivity contribution < 1.29 is 9.32 Å². The molecule has 0 aliphatic rings. The monoisotopic (exact) mass is 300 g/mol. The fourth-order valence-electron chi connectivity index (χ4n) is 2.01. The van der Waals surface area contributed by atoms with Gasteiger partial charge in [0.05, 0.1) is 10.8 Å². The second-order valence-electron chi connectivity index (χ2n) is 5.35. The molecule has 0 aromatic heterocycles. The fourth-order valence-corrected chi connectivity index (χ4v) is 3.10. The Morgan fingerprint density at radius 2 is 1.67 bits per heavy atom. The molecule has 2 aromatic rings. The third-order valence-corrected chi connectivity index (χ3v) is 4.95. The van der Waals surface area contributed by atoms with E-state index in [1.165, 1.54) is 0 Å². The Balaban J connectivity index is 2.28. The highest BCUT2D eigenvalue weighted by molar-refractivity contribution is 7.88. The minimum atomic E-state index is -1.26. The van der Waals surface area contributed by atoms with Crippen molar-refractivity contribution in [3.05, 3.63) is 76.7 Å². The molecule has 0 saturated heterocycles. The van der Waals surface area contributed by atoms with E-state index in [1.807, 2.05) is 61.5 Å². The molecule has 3 heteroatoms. The Hall–Kier alpha value is -1.71. The predicted octanol–water partition coefficient (Wildman–Crippen LogP) is 3.91. The minimum Gasteiger partial charge on any atom is -0.381 e. The standard InChI is InChI=1S/C18H20O2S/c1-14-9-11-17(12-10-14)21(20)13-15(2)18(3,19)16-7-5-4-6-8-16/h4-13,19H,1-3H3/b15-13-/t18-,21?/m0/s1. The SMILES string of the molecule is C/C(=C/S(=O)c1ccc(C)cc1)[C@](C)(O)c1ccccc1. The largest absolute Gasteiger partial charge is 0.381 e. The van der Waals surface area contributed by atoms with Gasteiger partial charge in [0.15, 0.2) is 0 Å². The summed E-state index contributed by atoms with van der Waals surface area (Å²) in [6.45, 7) is 5.52. The molecule has 2 rings (SSSR count). The van der Waals surface area contributed by atoms with Gasteiger partial charge in [-0.1, -0.05) is 48.0 Å². The Morgan fingerprint density at radius 3 is 2.24 bits per heavy atom. The van der Waals surface area contributed by atoms with Gasteiger partial charge in [-0.05, 0) is 44.0 Å². The highest BCUT2D eigenvalue weighted by Gasteiger charge is 2.25. The van der Waals surface area contributed by atoms with E-state index in [0.717, 1.165) is 16.0 Å². The van der Waals surface area contributed by atoms with Crippen molar-refractivity contribution in [3.63, 3.8) is 0 Å². The van der Waals surface area contributed by atoms with Crippen LogP contribution in [0.3, 0.4) is 0 Å². The molecule has 2 aromatic carbocycles. The first-order valence-electron chi connectivity index (χ1n) is 6.85. The zero-order chi connectivity index (χ0) is 15.5. The summed E-state index contributed by atoms with van der Waals surface area (Å²) in [5.74, 6) is 0. The Bertz CT molecular complexity index is 655. The van der Waals surface area contributed by atoms with E-state index in [0.29, 0.717) is 5.57 Å². The van der Waals surface area contributed by atoms with Crippen molar-refractivity contribution in [3.8, 4) is 0 Å². The van der Waals surface area contributed by atoms with Crippen LogP contribution in [0.25, 0.3) is 0 Å². The summed E-state index contributed by atoms with van der Waals surface area (Å²) in [6.07, 6.45) is 0. The van der Waals surface area contributed by atoms with Crippen LogP contribution in [0.1, 0.15) is 25.0 Å². The van der Waals surface area contributed by atoms with Crippen LogP contribution in [0.4, 0.5) is 0 Å². The van der Waals surface area contributed by atoms with Gasteiger partial charge in [0.25, 0.3) is 0 Å². The van der Waals surface area contributed by atoms with Crippen LogP contribution in [-0.2, 0) is 16.4 Å². The average molecular weight is 300 g/mol. The van der Waals surface area contributed by atoms with Gasteiger partial charge in [-0.3, -0.25) is 0 Å². The van der Waals surface area contributed by atoms with E-state index < -0.39 is 16.4 Å². The molecule has 110 valence electrons. The second kappa shape index (κ2) is 6.37. The molecule has 21 heavy (non-hydrogen) atoms. The highest BCUT2D eigenvalue weighted by atomic mass is 32.2. The van der Waals surface area contributed by atoms with E-state index in [2.05, 4.69) is 0 Å². The van der Waals surface area contributed by atoms with Gasteiger partial charge in [-0.25, -0.2) is 4.21 Å². The van der Waals surface area contributed by atoms with E-state index in [4.69, 9.17) is 0 Å². The van der Waals surface area contributed by atoms with Gasteiger partial charge in [0, 0.05) is 10.3 Å². The Kier molecular flexibility index (Phi) is 4.76. The molecule has 1 unspecified atom stereocenters. The molecule has 0 fully saturated rings. The summed E-state index contributed by atoms with van der Waals surface area (Å²) < 4.78 is 12.4. The maximum Gasteiger partial charge on any atom is 0.108 e. The van der Waals surface area contributed by atoms with Crippen LogP contribution in [0, 0.1) is 6.92 Å². The van der Waals surface area contributed by atoms with Gasteiger partial charge in [-0.2, -0.15) is 0 Å². The summed E-state index contributed by atoms with van der Waals surface area (Å²) in [6, 6.07) is 17.0. The van der Waals surface area contributed by atoms with Crippen LogP contribution in [0.15, 0.2) is 70.5 Å². The summed E-state index contributed by atoms with van der Waals surface area (Å²) in [5.41, 5.74) is 1.47. The van der Waals surface area contributed by atoms with Gasteiger partial charge in [-0.15, -0.1) is 0 Å². The van der Waals surface area contributed by atoms with Gasteiger partial charge in [0.2, 0.25) is 0 Å². The molecule has 0 bridgehead atoms. The molecule has 0 spiro atoms. The maximum absolute atomic E-state index is 12.4. The quantitative estimate of drug-likeness (QED) is 0.929. The maximum atomic E-state index is 12.4.